The van der Waals surface area contributed by atoms with Gasteiger partial charge in [0.1, 0.15) is 0 Å². The minimum absolute atomic E-state index is 0.226. The Morgan fingerprint density at radius 1 is 1.64 bits per heavy atom. The van der Waals surface area contributed by atoms with E-state index in [4.69, 9.17) is 5.73 Å². The van der Waals surface area contributed by atoms with Gasteiger partial charge in [-0.25, -0.2) is 4.79 Å². The van der Waals surface area contributed by atoms with Gasteiger partial charge in [0.05, 0.1) is 0 Å². The van der Waals surface area contributed by atoms with Crippen LogP contribution in [0, 0.1) is 0 Å². The van der Waals surface area contributed by atoms with Gasteiger partial charge in [-0.2, -0.15) is 0 Å². The lowest BCUT2D eigenvalue weighted by atomic mass is 10.1. The maximum Gasteiger partial charge on any atom is 0.315 e. The van der Waals surface area contributed by atoms with E-state index in [1.165, 1.54) is 0 Å². The fourth-order valence-corrected chi connectivity index (χ4v) is 1.33. The predicted molar refractivity (Wildman–Crippen MR) is 43.2 cm³/mol. The molecule has 1 fully saturated rings. The van der Waals surface area contributed by atoms with Crippen LogP contribution < -0.4 is 11.1 Å². The molecular formula is C7H15N3O. The first kappa shape index (κ1) is 8.33. The number of nitrogens with two attached hydrogens (primary N) is 1. The number of rotatable bonds is 0. The first-order chi connectivity index (χ1) is 5.11. The highest BCUT2D eigenvalue weighted by Crippen LogP contribution is 2.04. The van der Waals surface area contributed by atoms with Crippen LogP contribution in [0.2, 0.25) is 0 Å². The average Bonchev–Trinajstić information content (AvgIpc) is 1.94. The van der Waals surface area contributed by atoms with Crippen LogP contribution in [0.4, 0.5) is 4.79 Å². The van der Waals surface area contributed by atoms with Gasteiger partial charge < -0.3 is 16.0 Å². The second kappa shape index (κ2) is 3.09. The van der Waals surface area contributed by atoms with E-state index in [1.54, 1.807) is 4.90 Å². The van der Waals surface area contributed by atoms with Gasteiger partial charge in [0.2, 0.25) is 0 Å². The molecular weight excluding hydrogens is 142 g/mol. The van der Waals surface area contributed by atoms with Gasteiger partial charge in [0, 0.05) is 25.2 Å². The van der Waals surface area contributed by atoms with Crippen molar-refractivity contribution in [3.63, 3.8) is 0 Å². The molecule has 0 saturated carbocycles. The van der Waals surface area contributed by atoms with Crippen LogP contribution in [0.1, 0.15) is 13.8 Å². The van der Waals surface area contributed by atoms with Gasteiger partial charge in [-0.1, -0.05) is 0 Å². The molecule has 1 rings (SSSR count). The molecule has 0 spiro atoms. The quantitative estimate of drug-likeness (QED) is 0.509. The summed E-state index contributed by atoms with van der Waals surface area (Å²) in [6.45, 7) is 5.59. The third-order valence-electron chi connectivity index (χ3n) is 2.05. The Hall–Kier alpha value is -0.770. The number of nitrogens with zero attached hydrogens (tertiary/aromatic N) is 1. The van der Waals surface area contributed by atoms with Crippen LogP contribution in [-0.4, -0.2) is 36.1 Å². The number of amides is 2. The molecule has 0 aromatic rings. The summed E-state index contributed by atoms with van der Waals surface area (Å²) >= 11 is 0. The fraction of sp³-hybridized carbons (Fsp3) is 0.857. The summed E-state index contributed by atoms with van der Waals surface area (Å²) in [5.74, 6) is 0. The van der Waals surface area contributed by atoms with E-state index in [0.29, 0.717) is 6.04 Å². The van der Waals surface area contributed by atoms with E-state index in [-0.39, 0.29) is 12.1 Å². The zero-order chi connectivity index (χ0) is 8.43. The number of piperazine rings is 1. The summed E-state index contributed by atoms with van der Waals surface area (Å²) < 4.78 is 0. The lowest BCUT2D eigenvalue weighted by molar-refractivity contribution is 0.158. The van der Waals surface area contributed by atoms with Crippen molar-refractivity contribution in [1.82, 2.24) is 10.2 Å². The molecule has 2 amide bonds. The van der Waals surface area contributed by atoms with Gasteiger partial charge in [0.25, 0.3) is 0 Å². The molecule has 1 aliphatic rings. The zero-order valence-corrected chi connectivity index (χ0v) is 7.00. The maximum atomic E-state index is 10.8. The number of carbonyl (C=O) groups is 1. The highest BCUT2D eigenvalue weighted by atomic mass is 16.2. The van der Waals surface area contributed by atoms with E-state index in [0.717, 1.165) is 13.1 Å². The lowest BCUT2D eigenvalue weighted by Crippen LogP contribution is -2.57. The molecule has 4 nitrogen and oxygen atoms in total. The van der Waals surface area contributed by atoms with Crippen molar-refractivity contribution in [3.8, 4) is 0 Å². The second-order valence-corrected chi connectivity index (χ2v) is 3.15. The molecule has 64 valence electrons. The van der Waals surface area contributed by atoms with Gasteiger partial charge >= 0.3 is 6.03 Å². The van der Waals surface area contributed by atoms with Crippen LogP contribution in [0.15, 0.2) is 0 Å². The number of hydrogen-bond acceptors (Lipinski definition) is 2. The summed E-state index contributed by atoms with van der Waals surface area (Å²) in [6.07, 6.45) is 0. The third-order valence-corrected chi connectivity index (χ3v) is 2.05. The number of nitrogens with one attached hydrogen (secondary N) is 1. The van der Waals surface area contributed by atoms with Gasteiger partial charge in [-0.3, -0.25) is 0 Å². The van der Waals surface area contributed by atoms with Crippen LogP contribution in [0.3, 0.4) is 0 Å². The van der Waals surface area contributed by atoms with Crippen LogP contribution >= 0.6 is 0 Å². The molecule has 1 aliphatic heterocycles. The number of primary amides is 1. The third kappa shape index (κ3) is 1.83. The van der Waals surface area contributed by atoms with Crippen molar-refractivity contribution in [2.75, 3.05) is 13.1 Å². The summed E-state index contributed by atoms with van der Waals surface area (Å²) in [7, 11) is 0. The van der Waals surface area contributed by atoms with E-state index in [9.17, 15) is 4.79 Å². The Morgan fingerprint density at radius 2 is 2.27 bits per heavy atom. The molecule has 2 atom stereocenters. The molecule has 1 heterocycles. The Morgan fingerprint density at radius 3 is 2.73 bits per heavy atom. The van der Waals surface area contributed by atoms with E-state index >= 15 is 0 Å². The molecule has 4 heteroatoms. The van der Waals surface area contributed by atoms with Crippen molar-refractivity contribution < 1.29 is 4.79 Å². The molecule has 3 N–H and O–H groups in total. The second-order valence-electron chi connectivity index (χ2n) is 3.15. The highest BCUT2D eigenvalue weighted by Gasteiger charge is 2.24. The first-order valence-electron chi connectivity index (χ1n) is 3.90. The Bertz CT molecular complexity index is 160. The predicted octanol–water partition coefficient (Wildman–Crippen LogP) is -0.253. The monoisotopic (exact) mass is 157 g/mol. The van der Waals surface area contributed by atoms with E-state index in [1.807, 2.05) is 13.8 Å². The van der Waals surface area contributed by atoms with Crippen molar-refractivity contribution in [2.24, 2.45) is 5.73 Å². The number of carbonyl (C=O) groups excluding carboxylic acids is 1. The van der Waals surface area contributed by atoms with Crippen molar-refractivity contribution >= 4 is 6.03 Å². The Balaban J connectivity index is 2.54. The highest BCUT2D eigenvalue weighted by molar-refractivity contribution is 5.72. The molecule has 0 radical (unpaired) electrons. The molecule has 0 bridgehead atoms. The summed E-state index contributed by atoms with van der Waals surface area (Å²) in [5, 5.41) is 3.27. The number of urea groups is 1. The van der Waals surface area contributed by atoms with E-state index in [2.05, 4.69) is 5.32 Å². The fourth-order valence-electron chi connectivity index (χ4n) is 1.33. The Labute approximate surface area is 66.7 Å². The summed E-state index contributed by atoms with van der Waals surface area (Å²) in [4.78, 5) is 12.5. The molecule has 0 aromatic carbocycles. The van der Waals surface area contributed by atoms with Crippen LogP contribution in [-0.2, 0) is 0 Å². The lowest BCUT2D eigenvalue weighted by Gasteiger charge is -2.36. The maximum absolute atomic E-state index is 10.8. The molecule has 0 aliphatic carbocycles. The van der Waals surface area contributed by atoms with Gasteiger partial charge in [0.15, 0.2) is 0 Å². The van der Waals surface area contributed by atoms with Crippen LogP contribution in [0.25, 0.3) is 0 Å². The topological polar surface area (TPSA) is 58.4 Å². The normalized spacial score (nSPS) is 32.0. The minimum atomic E-state index is -0.314. The molecule has 1 saturated heterocycles. The van der Waals surface area contributed by atoms with Crippen molar-refractivity contribution in [1.29, 1.82) is 0 Å². The van der Waals surface area contributed by atoms with Gasteiger partial charge in [-0.05, 0) is 13.8 Å². The summed E-state index contributed by atoms with van der Waals surface area (Å²) in [6, 6.07) is 0.272. The molecule has 0 aromatic heterocycles. The summed E-state index contributed by atoms with van der Waals surface area (Å²) in [5.41, 5.74) is 5.18. The van der Waals surface area contributed by atoms with Crippen molar-refractivity contribution in [2.45, 2.75) is 25.9 Å². The standard InChI is InChI=1S/C7H15N3O/c1-5-4-10(7(8)11)6(2)3-9-5/h5-6,9H,3-4H2,1-2H3,(H2,8,11)/t5-,6-/m1/s1. The zero-order valence-electron chi connectivity index (χ0n) is 7.00. The minimum Gasteiger partial charge on any atom is -0.351 e. The average molecular weight is 157 g/mol. The molecule has 0 unspecified atom stereocenters. The SMILES string of the molecule is C[C@@H]1CN(C(N)=O)[C@H](C)CN1. The number of hydrogen-bond donors (Lipinski definition) is 2. The van der Waals surface area contributed by atoms with Crippen molar-refractivity contribution in [3.05, 3.63) is 0 Å². The smallest absolute Gasteiger partial charge is 0.315 e. The Kier molecular flexibility index (Phi) is 2.34. The largest absolute Gasteiger partial charge is 0.351 e. The van der Waals surface area contributed by atoms with E-state index < -0.39 is 0 Å². The molecule has 11 heavy (non-hydrogen) atoms. The van der Waals surface area contributed by atoms with Crippen LogP contribution in [0.5, 0.6) is 0 Å². The van der Waals surface area contributed by atoms with Gasteiger partial charge in [-0.15, -0.1) is 0 Å². The first-order valence-corrected chi connectivity index (χ1v) is 3.90.